The molecule has 0 aliphatic carbocycles. The molecule has 7 heteroatoms. The van der Waals surface area contributed by atoms with Crippen molar-refractivity contribution in [3.63, 3.8) is 0 Å². The van der Waals surface area contributed by atoms with Gasteiger partial charge in [0, 0.05) is 48.1 Å². The molecule has 2 atom stereocenters. The van der Waals surface area contributed by atoms with E-state index >= 15 is 0 Å². The average molecular weight is 443 g/mol. The summed E-state index contributed by atoms with van der Waals surface area (Å²) < 4.78 is 5.66. The summed E-state index contributed by atoms with van der Waals surface area (Å²) in [5.74, 6) is 0.748. The average Bonchev–Trinajstić information content (AvgIpc) is 3.47. The predicted octanol–water partition coefficient (Wildman–Crippen LogP) is 4.50. The van der Waals surface area contributed by atoms with Gasteiger partial charge in [-0.1, -0.05) is 19.1 Å². The van der Waals surface area contributed by atoms with E-state index in [-0.39, 0.29) is 5.91 Å². The quantitative estimate of drug-likeness (QED) is 0.647. The Bertz CT molecular complexity index is 1290. The topological polar surface area (TPSA) is 90.1 Å². The lowest BCUT2D eigenvalue weighted by atomic mass is 9.66. The molecule has 160 valence electrons. The Labute approximate surface area is 190 Å². The summed E-state index contributed by atoms with van der Waals surface area (Å²) in [5, 5.41) is 19.7. The number of likely N-dealkylation sites (N-methyl/N-ethyl adjacent to an activating group) is 1. The normalized spacial score (nSPS) is 22.4. The van der Waals surface area contributed by atoms with E-state index in [2.05, 4.69) is 30.1 Å². The molecule has 0 radical (unpaired) electrons. The number of fused-ring (bicyclic) bond motifs is 1. The van der Waals surface area contributed by atoms with Crippen molar-refractivity contribution in [3.8, 4) is 22.9 Å². The van der Waals surface area contributed by atoms with Gasteiger partial charge in [-0.15, -0.1) is 11.3 Å². The summed E-state index contributed by atoms with van der Waals surface area (Å²) in [6, 6.07) is 12.1. The molecular formula is C25H22N4O2S. The zero-order chi connectivity index (χ0) is 22.5. The molecule has 0 bridgehead atoms. The number of rotatable bonds is 3. The van der Waals surface area contributed by atoms with E-state index in [1.54, 1.807) is 30.8 Å². The number of amides is 1. The van der Waals surface area contributed by atoms with Gasteiger partial charge in [0.25, 0.3) is 0 Å². The molecule has 1 aromatic carbocycles. The van der Waals surface area contributed by atoms with Crippen LogP contribution >= 0.6 is 11.3 Å². The number of amidine groups is 1. The number of hydrogen-bond donors (Lipinski definition) is 1. The summed E-state index contributed by atoms with van der Waals surface area (Å²) in [7, 11) is 1.69. The summed E-state index contributed by atoms with van der Waals surface area (Å²) >= 11 is 1.59. The molecule has 4 heterocycles. The minimum Gasteiger partial charge on any atom is -0.493 e. The lowest BCUT2D eigenvalue weighted by Gasteiger charge is -2.44. The smallest absolute Gasteiger partial charge is 0.236 e. The first-order valence-electron chi connectivity index (χ1n) is 10.5. The van der Waals surface area contributed by atoms with Crippen molar-refractivity contribution in [2.75, 3.05) is 13.7 Å². The third-order valence-corrected chi connectivity index (χ3v) is 7.77. The van der Waals surface area contributed by atoms with Crippen molar-refractivity contribution in [3.05, 3.63) is 69.7 Å². The first-order chi connectivity index (χ1) is 15.4. The number of ether oxygens (including phenoxy) is 1. The number of thiophene rings is 1. The van der Waals surface area contributed by atoms with Gasteiger partial charge in [-0.25, -0.2) is 0 Å². The first-order valence-corrected chi connectivity index (χ1v) is 11.3. The Morgan fingerprint density at radius 1 is 1.28 bits per heavy atom. The highest BCUT2D eigenvalue weighted by Crippen LogP contribution is 2.49. The van der Waals surface area contributed by atoms with Gasteiger partial charge in [-0.2, -0.15) is 5.26 Å². The van der Waals surface area contributed by atoms with E-state index in [4.69, 9.17) is 10.1 Å². The molecule has 3 aromatic rings. The van der Waals surface area contributed by atoms with Gasteiger partial charge >= 0.3 is 0 Å². The van der Waals surface area contributed by atoms with Crippen molar-refractivity contribution < 1.29 is 9.53 Å². The second-order valence-corrected chi connectivity index (χ2v) is 9.52. The summed E-state index contributed by atoms with van der Waals surface area (Å²) in [4.78, 5) is 20.2. The number of nitrogens with one attached hydrogen (secondary N) is 1. The number of piperidine rings is 1. The van der Waals surface area contributed by atoms with E-state index < -0.39 is 11.3 Å². The Morgan fingerprint density at radius 2 is 2.12 bits per heavy atom. The van der Waals surface area contributed by atoms with Gasteiger partial charge in [-0.05, 0) is 40.3 Å². The predicted molar refractivity (Wildman–Crippen MR) is 123 cm³/mol. The Balaban J connectivity index is 1.60. The molecule has 5 rings (SSSR count). The van der Waals surface area contributed by atoms with Crippen LogP contribution in [0.25, 0.3) is 11.1 Å². The van der Waals surface area contributed by atoms with Gasteiger partial charge in [0.15, 0.2) is 0 Å². The van der Waals surface area contributed by atoms with Crippen molar-refractivity contribution in [2.45, 2.75) is 31.1 Å². The van der Waals surface area contributed by atoms with Crippen LogP contribution in [0.15, 0.2) is 48.1 Å². The van der Waals surface area contributed by atoms with E-state index in [9.17, 15) is 10.1 Å². The molecule has 1 N–H and O–H groups in total. The number of aromatic nitrogens is 1. The number of likely N-dealkylation sites (tertiary alicyclic amines) is 1. The molecule has 2 aromatic heterocycles. The highest BCUT2D eigenvalue weighted by molar-refractivity contribution is 7.10. The lowest BCUT2D eigenvalue weighted by Crippen LogP contribution is -2.51. The molecule has 0 spiro atoms. The fourth-order valence-corrected chi connectivity index (χ4v) is 5.85. The van der Waals surface area contributed by atoms with Crippen LogP contribution in [0, 0.1) is 16.7 Å². The molecule has 0 unspecified atom stereocenters. The zero-order valence-corrected chi connectivity index (χ0v) is 18.7. The third-order valence-electron chi connectivity index (χ3n) is 6.56. The maximum Gasteiger partial charge on any atom is 0.236 e. The summed E-state index contributed by atoms with van der Waals surface area (Å²) in [6.07, 6.45) is 4.60. The second kappa shape index (κ2) is 7.57. The summed E-state index contributed by atoms with van der Waals surface area (Å²) in [6.45, 7) is 2.75. The number of carbonyl (C=O) groups is 1. The van der Waals surface area contributed by atoms with Crippen LogP contribution in [0.2, 0.25) is 0 Å². The number of nitriles is 1. The van der Waals surface area contributed by atoms with Crippen LogP contribution < -0.4 is 4.74 Å². The highest BCUT2D eigenvalue weighted by atomic mass is 32.1. The number of hydrogen-bond acceptors (Lipinski definition) is 6. The standard InChI is InChI=1S/C25H22N4O2S/c1-25(21-9-19(14-32-21)18-7-15(11-26)12-28-13-18)10-22(27)29(2)24(30)23(25)17-3-4-20-16(8-17)5-6-31-20/h3-4,7-9,12-14,23,27H,5-6,10H2,1-2H3/t23-,25-/m1/s1. The molecule has 1 saturated heterocycles. The van der Waals surface area contributed by atoms with Crippen molar-refractivity contribution in [1.29, 1.82) is 10.7 Å². The number of benzene rings is 1. The van der Waals surface area contributed by atoms with Gasteiger partial charge in [0.1, 0.15) is 17.7 Å². The second-order valence-electron chi connectivity index (χ2n) is 8.61. The first kappa shape index (κ1) is 20.4. The fraction of sp³-hybridized carbons (Fsp3) is 0.280. The van der Waals surface area contributed by atoms with Crippen LogP contribution in [-0.4, -0.2) is 35.3 Å². The van der Waals surface area contributed by atoms with Crippen molar-refractivity contribution in [1.82, 2.24) is 9.88 Å². The zero-order valence-electron chi connectivity index (χ0n) is 17.9. The van der Waals surface area contributed by atoms with Crippen LogP contribution in [0.3, 0.4) is 0 Å². The monoisotopic (exact) mass is 442 g/mol. The fourth-order valence-electron chi connectivity index (χ4n) is 4.74. The summed E-state index contributed by atoms with van der Waals surface area (Å²) in [5.41, 5.74) is 3.88. The third kappa shape index (κ3) is 3.19. The van der Waals surface area contributed by atoms with Crippen molar-refractivity contribution in [2.24, 2.45) is 0 Å². The Morgan fingerprint density at radius 3 is 2.94 bits per heavy atom. The van der Waals surface area contributed by atoms with Gasteiger partial charge < -0.3 is 9.64 Å². The van der Waals surface area contributed by atoms with E-state index in [1.807, 2.05) is 23.6 Å². The number of nitrogens with zero attached hydrogens (tertiary/aromatic N) is 3. The van der Waals surface area contributed by atoms with Crippen LogP contribution in [0.4, 0.5) is 0 Å². The molecule has 0 saturated carbocycles. The van der Waals surface area contributed by atoms with Gasteiger partial charge in [0.2, 0.25) is 5.91 Å². The maximum absolute atomic E-state index is 13.5. The molecular weight excluding hydrogens is 420 g/mol. The highest BCUT2D eigenvalue weighted by Gasteiger charge is 2.49. The minimum absolute atomic E-state index is 0.0642. The molecule has 1 amide bonds. The molecule has 2 aliphatic rings. The van der Waals surface area contributed by atoms with Crippen molar-refractivity contribution >= 4 is 23.1 Å². The Hall–Kier alpha value is -3.50. The van der Waals surface area contributed by atoms with E-state index in [0.717, 1.165) is 39.3 Å². The SMILES string of the molecule is CN1C(=N)C[C@](C)(c2cc(-c3cncc(C#N)c3)cs2)[C@H](c2ccc3c(c2)CCO3)C1=O. The van der Waals surface area contributed by atoms with Crippen LogP contribution in [-0.2, 0) is 16.6 Å². The number of pyridine rings is 1. The van der Waals surface area contributed by atoms with E-state index in [0.29, 0.717) is 24.4 Å². The number of carbonyl (C=O) groups excluding carboxylic acids is 1. The van der Waals surface area contributed by atoms with E-state index in [1.165, 1.54) is 4.90 Å². The molecule has 2 aliphatic heterocycles. The van der Waals surface area contributed by atoms with Gasteiger partial charge in [0.05, 0.1) is 18.1 Å². The largest absolute Gasteiger partial charge is 0.493 e. The lowest BCUT2D eigenvalue weighted by molar-refractivity contribution is -0.131. The molecule has 32 heavy (non-hydrogen) atoms. The molecule has 6 nitrogen and oxygen atoms in total. The molecule has 1 fully saturated rings. The van der Waals surface area contributed by atoms with Crippen LogP contribution in [0.1, 0.15) is 40.8 Å². The van der Waals surface area contributed by atoms with Gasteiger partial charge in [-0.3, -0.25) is 15.2 Å². The Kier molecular flexibility index (Phi) is 4.83. The maximum atomic E-state index is 13.5. The van der Waals surface area contributed by atoms with Crippen LogP contribution in [0.5, 0.6) is 5.75 Å². The minimum atomic E-state index is -0.558.